The summed E-state index contributed by atoms with van der Waals surface area (Å²) in [5.74, 6) is -0.507. The first-order valence-electron chi connectivity index (χ1n) is 10.7. The molecule has 3 aromatic heterocycles. The summed E-state index contributed by atoms with van der Waals surface area (Å²) in [4.78, 5) is 21.3. The monoisotopic (exact) mass is 487 g/mol. The van der Waals surface area contributed by atoms with Crippen molar-refractivity contribution in [3.8, 4) is 0 Å². The van der Waals surface area contributed by atoms with Gasteiger partial charge in [0.15, 0.2) is 0 Å². The molecule has 0 aliphatic heterocycles. The third kappa shape index (κ3) is 5.75. The molecule has 35 heavy (non-hydrogen) atoms. The second-order valence-electron chi connectivity index (χ2n) is 7.77. The lowest BCUT2D eigenvalue weighted by Gasteiger charge is -2.12. The molecule has 0 bridgehead atoms. The standard InChI is InChI=1S/C24H21F4N5O2/c25-18-4-1-3-15(9-18)14-33-20(11-16-10-17(24(26,27)28)12-31-22(16)33)23(35)32-19-5-6-21(30-13-19)29-7-2-8-34/h1,3-6,9-13,34H,2,7-8,14H2,(H,29,30)(H,32,35). The Labute approximate surface area is 197 Å². The largest absolute Gasteiger partial charge is 0.417 e. The average molecular weight is 487 g/mol. The van der Waals surface area contributed by atoms with E-state index in [4.69, 9.17) is 5.11 Å². The molecule has 0 spiro atoms. The zero-order valence-electron chi connectivity index (χ0n) is 18.3. The van der Waals surface area contributed by atoms with E-state index >= 15 is 0 Å². The Morgan fingerprint density at radius 2 is 1.89 bits per heavy atom. The molecule has 3 heterocycles. The highest BCUT2D eigenvalue weighted by Crippen LogP contribution is 2.31. The third-order valence-electron chi connectivity index (χ3n) is 5.19. The van der Waals surface area contributed by atoms with Crippen LogP contribution in [0, 0.1) is 5.82 Å². The smallest absolute Gasteiger partial charge is 0.396 e. The minimum Gasteiger partial charge on any atom is -0.396 e. The summed E-state index contributed by atoms with van der Waals surface area (Å²) in [6, 6.07) is 11.2. The molecular formula is C24H21F4N5O2. The average Bonchev–Trinajstić information content (AvgIpc) is 3.18. The molecule has 7 nitrogen and oxygen atoms in total. The van der Waals surface area contributed by atoms with Crippen molar-refractivity contribution in [2.24, 2.45) is 0 Å². The molecule has 0 atom stereocenters. The molecule has 3 N–H and O–H groups in total. The fraction of sp³-hybridized carbons (Fsp3) is 0.208. The second-order valence-corrected chi connectivity index (χ2v) is 7.77. The summed E-state index contributed by atoms with van der Waals surface area (Å²) in [7, 11) is 0. The molecule has 0 aliphatic carbocycles. The summed E-state index contributed by atoms with van der Waals surface area (Å²) in [6.45, 7) is 0.598. The molecule has 4 aromatic rings. The fourth-order valence-corrected chi connectivity index (χ4v) is 3.53. The fourth-order valence-electron chi connectivity index (χ4n) is 3.53. The zero-order valence-corrected chi connectivity index (χ0v) is 18.3. The van der Waals surface area contributed by atoms with Crippen LogP contribution in [0.3, 0.4) is 0 Å². The van der Waals surface area contributed by atoms with Crippen molar-refractivity contribution in [1.29, 1.82) is 0 Å². The molecule has 11 heteroatoms. The van der Waals surface area contributed by atoms with E-state index in [9.17, 15) is 22.4 Å². The van der Waals surface area contributed by atoms with E-state index in [0.717, 1.165) is 6.07 Å². The van der Waals surface area contributed by atoms with Gasteiger partial charge in [0.1, 0.15) is 23.0 Å². The van der Waals surface area contributed by atoms with Crippen molar-refractivity contribution in [2.75, 3.05) is 23.8 Å². The van der Waals surface area contributed by atoms with Crippen LogP contribution < -0.4 is 10.6 Å². The maximum absolute atomic E-state index is 13.7. The highest BCUT2D eigenvalue weighted by Gasteiger charge is 2.32. The number of pyridine rings is 2. The van der Waals surface area contributed by atoms with Crippen molar-refractivity contribution >= 4 is 28.4 Å². The molecule has 1 aromatic carbocycles. The number of nitrogens with zero attached hydrogens (tertiary/aromatic N) is 3. The van der Waals surface area contributed by atoms with Crippen LogP contribution in [-0.4, -0.2) is 38.7 Å². The minimum atomic E-state index is -4.59. The molecule has 182 valence electrons. The summed E-state index contributed by atoms with van der Waals surface area (Å²) >= 11 is 0. The van der Waals surface area contributed by atoms with Crippen LogP contribution in [-0.2, 0) is 12.7 Å². The van der Waals surface area contributed by atoms with Gasteiger partial charge in [-0.05, 0) is 48.4 Å². The molecule has 0 radical (unpaired) electrons. The molecule has 1 amide bonds. The van der Waals surface area contributed by atoms with E-state index in [1.165, 1.54) is 35.0 Å². The van der Waals surface area contributed by atoms with Crippen molar-refractivity contribution in [3.05, 3.63) is 83.6 Å². The number of hydrogen-bond donors (Lipinski definition) is 3. The number of fused-ring (bicyclic) bond motifs is 1. The minimum absolute atomic E-state index is 0.0222. The van der Waals surface area contributed by atoms with E-state index < -0.39 is 23.5 Å². The van der Waals surface area contributed by atoms with Crippen LogP contribution in [0.15, 0.2) is 60.9 Å². The zero-order chi connectivity index (χ0) is 25.0. The molecular weight excluding hydrogens is 466 g/mol. The first kappa shape index (κ1) is 24.1. The van der Waals surface area contributed by atoms with Gasteiger partial charge in [0.25, 0.3) is 5.91 Å². The van der Waals surface area contributed by atoms with Crippen LogP contribution in [0.5, 0.6) is 0 Å². The number of carbonyl (C=O) groups is 1. The number of benzene rings is 1. The highest BCUT2D eigenvalue weighted by molar-refractivity contribution is 6.06. The predicted octanol–water partition coefficient (Wildman–Crippen LogP) is 4.68. The lowest BCUT2D eigenvalue weighted by molar-refractivity contribution is -0.137. The normalized spacial score (nSPS) is 11.6. The molecule has 0 unspecified atom stereocenters. The van der Waals surface area contributed by atoms with Gasteiger partial charge in [-0.3, -0.25) is 4.79 Å². The Balaban J connectivity index is 1.65. The number of aliphatic hydroxyl groups is 1. The van der Waals surface area contributed by atoms with Gasteiger partial charge in [-0.25, -0.2) is 14.4 Å². The number of aliphatic hydroxyl groups excluding tert-OH is 1. The number of hydrogen-bond acceptors (Lipinski definition) is 5. The maximum Gasteiger partial charge on any atom is 0.417 e. The number of halogens is 4. The number of carbonyl (C=O) groups excluding carboxylic acids is 1. The summed E-state index contributed by atoms with van der Waals surface area (Å²) in [5.41, 5.74) is 0.163. The van der Waals surface area contributed by atoms with E-state index in [0.29, 0.717) is 36.2 Å². The lowest BCUT2D eigenvalue weighted by Crippen LogP contribution is -2.18. The van der Waals surface area contributed by atoms with Crippen LogP contribution >= 0.6 is 0 Å². The summed E-state index contributed by atoms with van der Waals surface area (Å²) < 4.78 is 54.8. The van der Waals surface area contributed by atoms with Crippen LogP contribution in [0.25, 0.3) is 11.0 Å². The Bertz CT molecular complexity index is 1340. The number of rotatable bonds is 8. The number of alkyl halides is 3. The Hall–Kier alpha value is -3.99. The van der Waals surface area contributed by atoms with Crippen molar-refractivity contribution < 1.29 is 27.5 Å². The second kappa shape index (κ2) is 10.1. The molecule has 0 aliphatic rings. The van der Waals surface area contributed by atoms with Gasteiger partial charge >= 0.3 is 6.18 Å². The third-order valence-corrected chi connectivity index (χ3v) is 5.19. The molecule has 0 saturated heterocycles. The van der Waals surface area contributed by atoms with Crippen molar-refractivity contribution in [3.63, 3.8) is 0 Å². The quantitative estimate of drug-likeness (QED) is 0.248. The van der Waals surface area contributed by atoms with Gasteiger partial charge in [-0.2, -0.15) is 13.2 Å². The van der Waals surface area contributed by atoms with Gasteiger partial charge in [0, 0.05) is 31.3 Å². The first-order chi connectivity index (χ1) is 16.7. The summed E-state index contributed by atoms with van der Waals surface area (Å²) in [5, 5.41) is 14.7. The van der Waals surface area contributed by atoms with Crippen LogP contribution in [0.2, 0.25) is 0 Å². The van der Waals surface area contributed by atoms with Crippen LogP contribution in [0.1, 0.15) is 28.0 Å². The van der Waals surface area contributed by atoms with E-state index in [2.05, 4.69) is 20.6 Å². The number of anilines is 2. The van der Waals surface area contributed by atoms with Gasteiger partial charge in [0.2, 0.25) is 0 Å². The summed E-state index contributed by atoms with van der Waals surface area (Å²) in [6.07, 6.45) is -1.90. The Morgan fingerprint density at radius 3 is 2.57 bits per heavy atom. The van der Waals surface area contributed by atoms with E-state index in [1.54, 1.807) is 18.2 Å². The molecule has 4 rings (SSSR count). The van der Waals surface area contributed by atoms with Crippen molar-refractivity contribution in [2.45, 2.75) is 19.1 Å². The van der Waals surface area contributed by atoms with Gasteiger partial charge in [0.05, 0.1) is 17.4 Å². The predicted molar refractivity (Wildman–Crippen MR) is 123 cm³/mol. The number of amides is 1. The topological polar surface area (TPSA) is 92.1 Å². The molecule has 0 fully saturated rings. The first-order valence-corrected chi connectivity index (χ1v) is 10.7. The van der Waals surface area contributed by atoms with Gasteiger partial charge < -0.3 is 20.3 Å². The Kier molecular flexibility index (Phi) is 6.97. The SMILES string of the molecule is O=C(Nc1ccc(NCCCO)nc1)c1cc2cc(C(F)(F)F)cnc2n1Cc1cccc(F)c1. The number of aromatic nitrogens is 3. The van der Waals surface area contributed by atoms with Crippen LogP contribution in [0.4, 0.5) is 29.1 Å². The van der Waals surface area contributed by atoms with E-state index in [-0.39, 0.29) is 29.9 Å². The van der Waals surface area contributed by atoms with E-state index in [1.807, 2.05) is 0 Å². The Morgan fingerprint density at radius 1 is 1.06 bits per heavy atom. The van der Waals surface area contributed by atoms with Gasteiger partial charge in [-0.1, -0.05) is 12.1 Å². The molecule has 0 saturated carbocycles. The maximum atomic E-state index is 13.7. The van der Waals surface area contributed by atoms with Crippen molar-refractivity contribution in [1.82, 2.24) is 14.5 Å². The van der Waals surface area contributed by atoms with Gasteiger partial charge in [-0.15, -0.1) is 0 Å². The number of nitrogens with one attached hydrogen (secondary N) is 2. The lowest BCUT2D eigenvalue weighted by atomic mass is 10.2. The highest BCUT2D eigenvalue weighted by atomic mass is 19.4.